The first kappa shape index (κ1) is 15.1. The van der Waals surface area contributed by atoms with E-state index in [1.54, 1.807) is 18.2 Å². The molecule has 0 fully saturated rings. The molecule has 1 amide bonds. The molecule has 0 saturated carbocycles. The summed E-state index contributed by atoms with van der Waals surface area (Å²) >= 11 is 5.90. The number of hydrogen-bond donors (Lipinski definition) is 1. The molecule has 6 heteroatoms. The lowest BCUT2D eigenvalue weighted by atomic mass is 10.2. The van der Waals surface area contributed by atoms with Crippen molar-refractivity contribution in [3.8, 4) is 11.5 Å². The van der Waals surface area contributed by atoms with Gasteiger partial charge in [0.15, 0.2) is 0 Å². The van der Waals surface area contributed by atoms with E-state index in [-0.39, 0.29) is 5.56 Å². The Bertz CT molecular complexity index is 676. The summed E-state index contributed by atoms with van der Waals surface area (Å²) in [5.74, 6) is -0.464. The summed E-state index contributed by atoms with van der Waals surface area (Å²) in [4.78, 5) is 12.1. The predicted molar refractivity (Wildman–Crippen MR) is 78.9 cm³/mol. The Kier molecular flexibility index (Phi) is 4.65. The highest BCUT2D eigenvalue weighted by molar-refractivity contribution is 6.32. The number of benzene rings is 2. The van der Waals surface area contributed by atoms with Crippen molar-refractivity contribution in [2.75, 3.05) is 19.5 Å². The van der Waals surface area contributed by atoms with E-state index in [4.69, 9.17) is 21.1 Å². The number of hydrogen-bond acceptors (Lipinski definition) is 3. The van der Waals surface area contributed by atoms with E-state index >= 15 is 0 Å². The second-order valence-corrected chi connectivity index (χ2v) is 4.56. The van der Waals surface area contributed by atoms with Gasteiger partial charge in [-0.05, 0) is 24.3 Å². The summed E-state index contributed by atoms with van der Waals surface area (Å²) in [6, 6.07) is 8.76. The van der Waals surface area contributed by atoms with Crippen LogP contribution in [-0.2, 0) is 0 Å². The van der Waals surface area contributed by atoms with Gasteiger partial charge in [0.25, 0.3) is 5.91 Å². The number of carbonyl (C=O) groups is 1. The van der Waals surface area contributed by atoms with Crippen molar-refractivity contribution in [1.29, 1.82) is 0 Å². The fraction of sp³-hybridized carbons (Fsp3) is 0.133. The predicted octanol–water partition coefficient (Wildman–Crippen LogP) is 3.75. The van der Waals surface area contributed by atoms with Gasteiger partial charge < -0.3 is 14.8 Å². The number of carbonyl (C=O) groups excluding carboxylic acids is 1. The van der Waals surface area contributed by atoms with Gasteiger partial charge in [-0.1, -0.05) is 11.6 Å². The van der Waals surface area contributed by atoms with Crippen LogP contribution < -0.4 is 14.8 Å². The molecule has 4 nitrogen and oxygen atoms in total. The van der Waals surface area contributed by atoms with Crippen molar-refractivity contribution in [2.45, 2.75) is 0 Å². The van der Waals surface area contributed by atoms with E-state index < -0.39 is 11.7 Å². The summed E-state index contributed by atoms with van der Waals surface area (Å²) < 4.78 is 23.8. The normalized spacial score (nSPS) is 10.1. The molecule has 2 aromatic carbocycles. The first-order valence-electron chi connectivity index (χ1n) is 6.03. The molecule has 0 aliphatic rings. The van der Waals surface area contributed by atoms with Crippen LogP contribution in [0.1, 0.15) is 10.4 Å². The molecule has 0 heterocycles. The topological polar surface area (TPSA) is 47.6 Å². The zero-order valence-electron chi connectivity index (χ0n) is 11.4. The Morgan fingerprint density at radius 1 is 1.14 bits per heavy atom. The molecule has 1 N–H and O–H groups in total. The van der Waals surface area contributed by atoms with Crippen LogP contribution in [-0.4, -0.2) is 20.1 Å². The zero-order valence-corrected chi connectivity index (χ0v) is 12.2. The largest absolute Gasteiger partial charge is 0.497 e. The van der Waals surface area contributed by atoms with Gasteiger partial charge in [0.2, 0.25) is 0 Å². The molecule has 0 spiro atoms. The first-order chi connectivity index (χ1) is 10.0. The lowest BCUT2D eigenvalue weighted by Gasteiger charge is -2.09. The molecule has 0 saturated heterocycles. The van der Waals surface area contributed by atoms with E-state index in [1.165, 1.54) is 26.4 Å². The number of nitrogens with one attached hydrogen (secondary N) is 1. The van der Waals surface area contributed by atoms with Gasteiger partial charge in [-0.3, -0.25) is 4.79 Å². The molecular formula is C15H13ClFNO3. The van der Waals surface area contributed by atoms with Crippen molar-refractivity contribution >= 4 is 23.2 Å². The quantitative estimate of drug-likeness (QED) is 0.935. The van der Waals surface area contributed by atoms with Crippen LogP contribution >= 0.6 is 11.6 Å². The maximum Gasteiger partial charge on any atom is 0.258 e. The smallest absolute Gasteiger partial charge is 0.258 e. The van der Waals surface area contributed by atoms with Crippen molar-refractivity contribution in [3.63, 3.8) is 0 Å². The number of amides is 1. The Balaban J connectivity index is 2.22. The van der Waals surface area contributed by atoms with E-state index in [2.05, 4.69) is 5.32 Å². The molecule has 0 unspecified atom stereocenters. The third-order valence-electron chi connectivity index (χ3n) is 2.83. The van der Waals surface area contributed by atoms with Crippen LogP contribution in [0.4, 0.5) is 10.1 Å². The van der Waals surface area contributed by atoms with Crippen molar-refractivity contribution in [2.24, 2.45) is 0 Å². The van der Waals surface area contributed by atoms with Gasteiger partial charge in [0.05, 0.1) is 24.8 Å². The Hall–Kier alpha value is -2.27. The number of rotatable bonds is 4. The minimum atomic E-state index is -0.659. The highest BCUT2D eigenvalue weighted by atomic mass is 35.5. The number of methoxy groups -OCH3 is 2. The van der Waals surface area contributed by atoms with Gasteiger partial charge in [0, 0.05) is 17.8 Å². The Morgan fingerprint density at radius 3 is 2.52 bits per heavy atom. The first-order valence-corrected chi connectivity index (χ1v) is 6.41. The summed E-state index contributed by atoms with van der Waals surface area (Å²) in [5, 5.41) is 3.00. The molecule has 0 aromatic heterocycles. The second kappa shape index (κ2) is 6.45. The number of ether oxygens (including phenoxy) is 2. The fourth-order valence-electron chi connectivity index (χ4n) is 1.74. The van der Waals surface area contributed by atoms with Crippen LogP contribution in [0.2, 0.25) is 5.02 Å². The van der Waals surface area contributed by atoms with Crippen molar-refractivity contribution in [1.82, 2.24) is 0 Å². The monoisotopic (exact) mass is 309 g/mol. The highest BCUT2D eigenvalue weighted by Gasteiger charge is 2.13. The van der Waals surface area contributed by atoms with Gasteiger partial charge in [0.1, 0.15) is 17.3 Å². The molecule has 0 bridgehead atoms. The number of halogens is 2. The van der Waals surface area contributed by atoms with E-state index in [1.807, 2.05) is 0 Å². The van der Waals surface area contributed by atoms with Gasteiger partial charge >= 0.3 is 0 Å². The Labute approximate surface area is 126 Å². The SMILES string of the molecule is COc1ccc(C(=O)Nc2ccc(Cl)c(OC)c2)c(F)c1. The molecule has 0 atom stereocenters. The van der Waals surface area contributed by atoms with Crippen LogP contribution in [0, 0.1) is 5.82 Å². The molecule has 0 aliphatic heterocycles. The molecule has 110 valence electrons. The zero-order chi connectivity index (χ0) is 15.4. The summed E-state index contributed by atoms with van der Waals surface area (Å²) in [7, 11) is 2.89. The average Bonchev–Trinajstić information content (AvgIpc) is 2.48. The van der Waals surface area contributed by atoms with Crippen LogP contribution in [0.15, 0.2) is 36.4 Å². The van der Waals surface area contributed by atoms with Crippen LogP contribution in [0.5, 0.6) is 11.5 Å². The van der Waals surface area contributed by atoms with Crippen molar-refractivity contribution in [3.05, 3.63) is 52.8 Å². The highest BCUT2D eigenvalue weighted by Crippen LogP contribution is 2.27. The maximum atomic E-state index is 13.8. The van der Waals surface area contributed by atoms with Crippen LogP contribution in [0.3, 0.4) is 0 Å². The lowest BCUT2D eigenvalue weighted by molar-refractivity contribution is 0.102. The van der Waals surface area contributed by atoms with E-state index in [0.29, 0.717) is 22.2 Å². The Morgan fingerprint density at radius 2 is 1.90 bits per heavy atom. The standard InChI is InChI=1S/C15H13ClFNO3/c1-20-10-4-5-11(13(17)8-10)15(19)18-9-3-6-12(16)14(7-9)21-2/h3-8H,1-2H3,(H,18,19). The average molecular weight is 310 g/mol. The third-order valence-corrected chi connectivity index (χ3v) is 3.14. The second-order valence-electron chi connectivity index (χ2n) is 4.15. The minimum Gasteiger partial charge on any atom is -0.497 e. The van der Waals surface area contributed by atoms with E-state index in [9.17, 15) is 9.18 Å². The summed E-state index contributed by atoms with van der Waals surface area (Å²) in [6.45, 7) is 0. The number of anilines is 1. The summed E-state index contributed by atoms with van der Waals surface area (Å²) in [6.07, 6.45) is 0. The molecule has 2 aromatic rings. The third kappa shape index (κ3) is 3.44. The van der Waals surface area contributed by atoms with Crippen LogP contribution in [0.25, 0.3) is 0 Å². The summed E-state index contributed by atoms with van der Waals surface area (Å²) in [5.41, 5.74) is 0.376. The molecule has 21 heavy (non-hydrogen) atoms. The van der Waals surface area contributed by atoms with E-state index in [0.717, 1.165) is 6.07 Å². The molecule has 2 rings (SSSR count). The van der Waals surface area contributed by atoms with Gasteiger partial charge in [-0.25, -0.2) is 4.39 Å². The fourth-order valence-corrected chi connectivity index (χ4v) is 1.94. The lowest BCUT2D eigenvalue weighted by Crippen LogP contribution is -2.13. The van der Waals surface area contributed by atoms with Gasteiger partial charge in [-0.15, -0.1) is 0 Å². The van der Waals surface area contributed by atoms with Gasteiger partial charge in [-0.2, -0.15) is 0 Å². The maximum absolute atomic E-state index is 13.8. The molecule has 0 aliphatic carbocycles. The molecule has 0 radical (unpaired) electrons. The van der Waals surface area contributed by atoms with Crippen molar-refractivity contribution < 1.29 is 18.7 Å². The molecular weight excluding hydrogens is 297 g/mol. The minimum absolute atomic E-state index is 0.0790.